The van der Waals surface area contributed by atoms with Gasteiger partial charge in [-0.15, -0.1) is 0 Å². The number of phenolic OH excluding ortho intramolecular Hbond substituents is 1. The molecule has 0 fully saturated rings. The molecule has 2 nitrogen and oxygen atoms in total. The van der Waals surface area contributed by atoms with Crippen LogP contribution in [-0.2, 0) is 0 Å². The maximum Gasteiger partial charge on any atom is 0.153 e. The fourth-order valence-corrected chi connectivity index (χ4v) is 1.27. The third-order valence-corrected chi connectivity index (χ3v) is 2.60. The molecule has 0 heterocycles. The van der Waals surface area contributed by atoms with Crippen LogP contribution in [0.4, 0.5) is 0 Å². The van der Waals surface area contributed by atoms with Crippen LogP contribution in [0.3, 0.4) is 0 Å². The van der Waals surface area contributed by atoms with Crippen molar-refractivity contribution >= 4 is 28.9 Å². The highest BCUT2D eigenvalue weighted by Crippen LogP contribution is 2.21. The van der Waals surface area contributed by atoms with Gasteiger partial charge in [-0.2, -0.15) is 0 Å². The molecule has 0 aliphatic heterocycles. The van der Waals surface area contributed by atoms with Gasteiger partial charge in [-0.25, -0.2) is 0 Å². The first kappa shape index (κ1) is 8.52. The zero-order chi connectivity index (χ0) is 8.43. The van der Waals surface area contributed by atoms with Gasteiger partial charge in [0.1, 0.15) is 5.75 Å². The van der Waals surface area contributed by atoms with Crippen molar-refractivity contribution in [1.29, 1.82) is 0 Å². The number of hydrogen-bond acceptors (Lipinski definition) is 2. The molecule has 1 N–H and O–H groups in total. The van der Waals surface area contributed by atoms with Crippen LogP contribution < -0.4 is 0 Å². The molecule has 11 heavy (non-hydrogen) atoms. The van der Waals surface area contributed by atoms with E-state index in [-0.39, 0.29) is 5.75 Å². The quantitative estimate of drug-likeness (QED) is 0.621. The van der Waals surface area contributed by atoms with Crippen molar-refractivity contribution in [3.05, 3.63) is 26.8 Å². The van der Waals surface area contributed by atoms with Crippen molar-refractivity contribution in [2.45, 2.75) is 6.92 Å². The minimum Gasteiger partial charge on any atom is -0.507 e. The molecule has 1 rings (SSSR count). The van der Waals surface area contributed by atoms with E-state index in [1.54, 1.807) is 12.1 Å². The van der Waals surface area contributed by atoms with Crippen molar-refractivity contribution in [2.24, 2.45) is 0 Å². The van der Waals surface area contributed by atoms with Crippen LogP contribution in [0.25, 0.3) is 0 Å². The number of aryl methyl sites for hydroxylation is 1. The summed E-state index contributed by atoms with van der Waals surface area (Å²) in [5.74, 6) is 0.0536. The Hall–Kier alpha value is -0.580. The fourth-order valence-electron chi connectivity index (χ4n) is 0.776. The second-order valence-corrected chi connectivity index (χ2v) is 3.44. The van der Waals surface area contributed by atoms with Gasteiger partial charge in [0.2, 0.25) is 0 Å². The molecule has 0 amide bonds. The number of halogens is 1. The molecular weight excluding hydrogens is 255 g/mol. The van der Waals surface area contributed by atoms with Gasteiger partial charge in [-0.05, 0) is 47.2 Å². The Morgan fingerprint density at radius 1 is 1.55 bits per heavy atom. The van der Waals surface area contributed by atoms with Crippen LogP contribution in [0.15, 0.2) is 12.1 Å². The molecule has 0 aliphatic carbocycles. The molecule has 1 aromatic rings. The molecule has 3 heteroatoms. The third kappa shape index (κ3) is 1.71. The smallest absolute Gasteiger partial charge is 0.153 e. The highest BCUT2D eigenvalue weighted by Gasteiger charge is 2.02. The molecule has 0 aliphatic rings. The number of aromatic hydroxyl groups is 1. The lowest BCUT2D eigenvalue weighted by Crippen LogP contribution is -1.86. The zero-order valence-electron chi connectivity index (χ0n) is 5.97. The predicted octanol–water partition coefficient (Wildman–Crippen LogP) is 2.12. The molecule has 0 atom stereocenters. The van der Waals surface area contributed by atoms with Crippen LogP contribution in [0, 0.1) is 10.5 Å². The van der Waals surface area contributed by atoms with Gasteiger partial charge in [0.25, 0.3) is 0 Å². The first-order chi connectivity index (χ1) is 5.15. The van der Waals surface area contributed by atoms with Gasteiger partial charge in [0.05, 0.1) is 5.56 Å². The lowest BCUT2D eigenvalue weighted by molar-refractivity contribution is 0.112. The lowest BCUT2D eigenvalue weighted by atomic mass is 10.1. The van der Waals surface area contributed by atoms with E-state index in [0.29, 0.717) is 11.8 Å². The van der Waals surface area contributed by atoms with Crippen LogP contribution in [0.5, 0.6) is 5.75 Å². The molecule has 0 saturated carbocycles. The predicted molar refractivity (Wildman–Crippen MR) is 50.9 cm³/mol. The minimum atomic E-state index is 0.0536. The van der Waals surface area contributed by atoms with E-state index in [0.717, 1.165) is 9.13 Å². The Labute approximate surface area is 78.4 Å². The average Bonchev–Trinajstić information content (AvgIpc) is 1.97. The van der Waals surface area contributed by atoms with Crippen molar-refractivity contribution in [3.63, 3.8) is 0 Å². The number of carbonyl (C=O) groups is 1. The minimum absolute atomic E-state index is 0.0536. The Morgan fingerprint density at radius 3 is 2.73 bits per heavy atom. The van der Waals surface area contributed by atoms with Gasteiger partial charge in [-0.3, -0.25) is 4.79 Å². The molecule has 1 aromatic carbocycles. The lowest BCUT2D eigenvalue weighted by Gasteiger charge is -2.00. The van der Waals surface area contributed by atoms with E-state index in [1.165, 1.54) is 0 Å². The van der Waals surface area contributed by atoms with Gasteiger partial charge < -0.3 is 5.11 Å². The van der Waals surface area contributed by atoms with E-state index >= 15 is 0 Å². The van der Waals surface area contributed by atoms with Gasteiger partial charge in [0.15, 0.2) is 6.29 Å². The van der Waals surface area contributed by atoms with Crippen molar-refractivity contribution in [2.75, 3.05) is 0 Å². The number of rotatable bonds is 1. The first-order valence-electron chi connectivity index (χ1n) is 3.09. The van der Waals surface area contributed by atoms with E-state index < -0.39 is 0 Å². The molecule has 0 aromatic heterocycles. The van der Waals surface area contributed by atoms with Gasteiger partial charge in [0, 0.05) is 3.57 Å². The maximum absolute atomic E-state index is 10.3. The molecule has 0 radical (unpaired) electrons. The normalized spacial score (nSPS) is 9.64. The standard InChI is InChI=1S/C8H7IO2/c1-5-2-8(11)6(4-10)3-7(5)9/h2-4,11H,1H3. The number of carbonyl (C=O) groups excluding carboxylic acids is 1. The Kier molecular flexibility index (Phi) is 2.49. The van der Waals surface area contributed by atoms with Gasteiger partial charge >= 0.3 is 0 Å². The summed E-state index contributed by atoms with van der Waals surface area (Å²) in [6, 6.07) is 3.25. The summed E-state index contributed by atoms with van der Waals surface area (Å²) in [4.78, 5) is 10.3. The first-order valence-corrected chi connectivity index (χ1v) is 4.17. The van der Waals surface area contributed by atoms with Crippen LogP contribution in [0.2, 0.25) is 0 Å². The molecule has 0 bridgehead atoms. The zero-order valence-corrected chi connectivity index (χ0v) is 8.12. The second kappa shape index (κ2) is 3.21. The molecular formula is C8H7IO2. The summed E-state index contributed by atoms with van der Waals surface area (Å²) < 4.78 is 0.988. The van der Waals surface area contributed by atoms with E-state index in [9.17, 15) is 9.90 Å². The Morgan fingerprint density at radius 2 is 2.18 bits per heavy atom. The largest absolute Gasteiger partial charge is 0.507 e. The summed E-state index contributed by atoms with van der Waals surface area (Å²) in [7, 11) is 0. The molecule has 0 spiro atoms. The average molecular weight is 262 g/mol. The maximum atomic E-state index is 10.3. The molecule has 0 saturated heterocycles. The summed E-state index contributed by atoms with van der Waals surface area (Å²) in [6.07, 6.45) is 0.650. The molecule has 58 valence electrons. The van der Waals surface area contributed by atoms with Crippen molar-refractivity contribution < 1.29 is 9.90 Å². The summed E-state index contributed by atoms with van der Waals surface area (Å²) in [6.45, 7) is 1.88. The number of hydrogen-bond donors (Lipinski definition) is 1. The Bertz CT molecular complexity index is 294. The van der Waals surface area contributed by atoms with Crippen molar-refractivity contribution in [1.82, 2.24) is 0 Å². The summed E-state index contributed by atoms with van der Waals surface area (Å²) in [5.41, 5.74) is 1.33. The highest BCUT2D eigenvalue weighted by molar-refractivity contribution is 14.1. The van der Waals surface area contributed by atoms with E-state index in [1.807, 2.05) is 6.92 Å². The monoisotopic (exact) mass is 262 g/mol. The second-order valence-electron chi connectivity index (χ2n) is 2.28. The van der Waals surface area contributed by atoms with E-state index in [4.69, 9.17) is 0 Å². The number of benzene rings is 1. The van der Waals surface area contributed by atoms with Crippen LogP contribution in [0.1, 0.15) is 15.9 Å². The highest BCUT2D eigenvalue weighted by atomic mass is 127. The van der Waals surface area contributed by atoms with Gasteiger partial charge in [-0.1, -0.05) is 0 Å². The molecule has 0 unspecified atom stereocenters. The van der Waals surface area contributed by atoms with Crippen LogP contribution >= 0.6 is 22.6 Å². The topological polar surface area (TPSA) is 37.3 Å². The third-order valence-electron chi connectivity index (χ3n) is 1.43. The summed E-state index contributed by atoms with van der Waals surface area (Å²) in [5, 5.41) is 9.18. The summed E-state index contributed by atoms with van der Waals surface area (Å²) >= 11 is 2.12. The Balaban J connectivity index is 3.31. The fraction of sp³-hybridized carbons (Fsp3) is 0.125. The van der Waals surface area contributed by atoms with E-state index in [2.05, 4.69) is 22.6 Å². The SMILES string of the molecule is Cc1cc(O)c(C=O)cc1I. The van der Waals surface area contributed by atoms with Crippen molar-refractivity contribution in [3.8, 4) is 5.75 Å². The number of aldehydes is 1. The number of phenols is 1. The van der Waals surface area contributed by atoms with Crippen LogP contribution in [-0.4, -0.2) is 11.4 Å².